The molecule has 1 aromatic carbocycles. The Labute approximate surface area is 124 Å². The van der Waals surface area contributed by atoms with Crippen LogP contribution in [0.15, 0.2) is 18.2 Å². The molecule has 2 rings (SSSR count). The highest BCUT2D eigenvalue weighted by atomic mass is 16.2. The van der Waals surface area contributed by atoms with Crippen molar-refractivity contribution in [2.75, 3.05) is 31.1 Å². The first-order valence-electron chi connectivity index (χ1n) is 7.08. The van der Waals surface area contributed by atoms with Crippen molar-refractivity contribution in [3.05, 3.63) is 29.3 Å². The zero-order valence-corrected chi connectivity index (χ0v) is 12.4. The summed E-state index contributed by atoms with van der Waals surface area (Å²) in [5.41, 5.74) is 1.97. The van der Waals surface area contributed by atoms with Gasteiger partial charge in [-0.15, -0.1) is 0 Å². The van der Waals surface area contributed by atoms with E-state index < -0.39 is 0 Å². The van der Waals surface area contributed by atoms with Crippen molar-refractivity contribution in [2.45, 2.75) is 20.3 Å². The lowest BCUT2D eigenvalue weighted by atomic mass is 10.1. The lowest BCUT2D eigenvalue weighted by molar-refractivity contribution is -0.128. The Morgan fingerprint density at radius 3 is 2.52 bits per heavy atom. The number of Topliss-reactive ketones (excluding diaryl/α,β-unsaturated/α-hetero) is 1. The molecule has 1 aromatic rings. The fourth-order valence-corrected chi connectivity index (χ4v) is 2.63. The number of amides is 1. The Morgan fingerprint density at radius 2 is 1.90 bits per heavy atom. The summed E-state index contributed by atoms with van der Waals surface area (Å²) >= 11 is 0. The van der Waals surface area contributed by atoms with Gasteiger partial charge in [-0.25, -0.2) is 0 Å². The molecule has 0 bridgehead atoms. The van der Waals surface area contributed by atoms with E-state index in [1.807, 2.05) is 4.90 Å². The number of nitriles is 1. The first kappa shape index (κ1) is 15.0. The monoisotopic (exact) mass is 285 g/mol. The first-order chi connectivity index (χ1) is 10.0. The van der Waals surface area contributed by atoms with Crippen LogP contribution < -0.4 is 4.90 Å². The first-order valence-corrected chi connectivity index (χ1v) is 7.08. The minimum Gasteiger partial charge on any atom is -0.369 e. The van der Waals surface area contributed by atoms with Crippen molar-refractivity contribution < 1.29 is 9.59 Å². The Hall–Kier alpha value is -2.35. The van der Waals surface area contributed by atoms with E-state index in [9.17, 15) is 9.59 Å². The quantitative estimate of drug-likeness (QED) is 0.777. The maximum absolute atomic E-state index is 11.8. The van der Waals surface area contributed by atoms with Gasteiger partial charge in [-0.05, 0) is 31.5 Å². The van der Waals surface area contributed by atoms with E-state index in [1.54, 1.807) is 25.1 Å². The summed E-state index contributed by atoms with van der Waals surface area (Å²) in [6.07, 6.45) is 0.855. The van der Waals surface area contributed by atoms with Crippen molar-refractivity contribution in [1.29, 1.82) is 5.26 Å². The molecule has 21 heavy (non-hydrogen) atoms. The van der Waals surface area contributed by atoms with E-state index in [2.05, 4.69) is 11.0 Å². The summed E-state index contributed by atoms with van der Waals surface area (Å²) in [4.78, 5) is 27.2. The zero-order chi connectivity index (χ0) is 15.4. The highest BCUT2D eigenvalue weighted by Crippen LogP contribution is 2.24. The molecular formula is C16H19N3O2. The van der Waals surface area contributed by atoms with Crippen molar-refractivity contribution in [3.63, 3.8) is 0 Å². The second kappa shape index (κ2) is 6.40. The molecule has 1 aliphatic heterocycles. The predicted molar refractivity (Wildman–Crippen MR) is 80.2 cm³/mol. The highest BCUT2D eigenvalue weighted by Gasteiger charge is 2.20. The molecule has 1 aliphatic rings. The molecule has 1 heterocycles. The molecule has 5 nitrogen and oxygen atoms in total. The number of carbonyl (C=O) groups excluding carboxylic acids is 2. The molecule has 0 aliphatic carbocycles. The minimum absolute atomic E-state index is 0.0119. The van der Waals surface area contributed by atoms with Crippen LogP contribution in [0.4, 0.5) is 5.69 Å². The molecule has 1 fully saturated rings. The van der Waals surface area contributed by atoms with Crippen LogP contribution in [0.3, 0.4) is 0 Å². The molecule has 0 N–H and O–H groups in total. The predicted octanol–water partition coefficient (Wildman–Crippen LogP) is 1.82. The van der Waals surface area contributed by atoms with Gasteiger partial charge in [0.25, 0.3) is 0 Å². The van der Waals surface area contributed by atoms with E-state index in [0.717, 1.165) is 25.2 Å². The van der Waals surface area contributed by atoms with Crippen LogP contribution in [-0.4, -0.2) is 42.8 Å². The van der Waals surface area contributed by atoms with E-state index in [-0.39, 0.29) is 11.7 Å². The van der Waals surface area contributed by atoms with Crippen LogP contribution >= 0.6 is 0 Å². The fraction of sp³-hybridized carbons (Fsp3) is 0.438. The van der Waals surface area contributed by atoms with E-state index in [4.69, 9.17) is 5.26 Å². The summed E-state index contributed by atoms with van der Waals surface area (Å²) in [6.45, 7) is 5.94. The van der Waals surface area contributed by atoms with E-state index in [1.165, 1.54) is 6.92 Å². The molecule has 0 unspecified atom stereocenters. The number of nitrogens with zero attached hydrogens (tertiary/aromatic N) is 3. The summed E-state index contributed by atoms with van der Waals surface area (Å²) in [7, 11) is 0. The van der Waals surface area contributed by atoms with Crippen LogP contribution in [-0.2, 0) is 4.79 Å². The molecule has 0 saturated carbocycles. The van der Waals surface area contributed by atoms with Gasteiger partial charge in [0.2, 0.25) is 5.91 Å². The molecule has 110 valence electrons. The standard InChI is InChI=1S/C16H19N3O2/c1-12(20)15-5-4-14(11-17)10-16(15)19-7-3-6-18(8-9-19)13(2)21/h4-5,10H,3,6-9H2,1-2H3. The number of hydrogen-bond donors (Lipinski definition) is 0. The van der Waals surface area contributed by atoms with Crippen LogP contribution in [0.25, 0.3) is 0 Å². The molecule has 0 atom stereocenters. The van der Waals surface area contributed by atoms with Gasteiger partial charge in [-0.1, -0.05) is 0 Å². The van der Waals surface area contributed by atoms with Crippen molar-refractivity contribution in [1.82, 2.24) is 4.90 Å². The third-order valence-corrected chi connectivity index (χ3v) is 3.79. The lowest BCUT2D eigenvalue weighted by Crippen LogP contribution is -2.34. The maximum Gasteiger partial charge on any atom is 0.219 e. The topological polar surface area (TPSA) is 64.4 Å². The SMILES string of the molecule is CC(=O)c1ccc(C#N)cc1N1CCCN(C(C)=O)CC1. The fourth-order valence-electron chi connectivity index (χ4n) is 2.63. The average Bonchev–Trinajstić information content (AvgIpc) is 2.72. The third-order valence-electron chi connectivity index (χ3n) is 3.79. The molecule has 0 aromatic heterocycles. The van der Waals surface area contributed by atoms with Crippen LogP contribution in [0.1, 0.15) is 36.2 Å². The molecule has 1 saturated heterocycles. The van der Waals surface area contributed by atoms with Crippen LogP contribution in [0.2, 0.25) is 0 Å². The van der Waals surface area contributed by atoms with Gasteiger partial charge < -0.3 is 9.80 Å². The number of anilines is 1. The van der Waals surface area contributed by atoms with Gasteiger partial charge in [0.05, 0.1) is 11.6 Å². The highest BCUT2D eigenvalue weighted by molar-refractivity contribution is 6.00. The Bertz CT molecular complexity index is 604. The van der Waals surface area contributed by atoms with Crippen molar-refractivity contribution in [3.8, 4) is 6.07 Å². The van der Waals surface area contributed by atoms with Gasteiger partial charge in [-0.2, -0.15) is 5.26 Å². The maximum atomic E-state index is 11.8. The second-order valence-corrected chi connectivity index (χ2v) is 5.25. The molecular weight excluding hydrogens is 266 g/mol. The Balaban J connectivity index is 2.30. The number of ketones is 1. The van der Waals surface area contributed by atoms with Crippen molar-refractivity contribution >= 4 is 17.4 Å². The van der Waals surface area contributed by atoms with Crippen LogP contribution in [0.5, 0.6) is 0 Å². The molecule has 5 heteroatoms. The Kier molecular flexibility index (Phi) is 4.59. The minimum atomic E-state index is -0.0119. The smallest absolute Gasteiger partial charge is 0.219 e. The van der Waals surface area contributed by atoms with Crippen LogP contribution in [0, 0.1) is 11.3 Å². The normalized spacial score (nSPS) is 15.3. The molecule has 1 amide bonds. The lowest BCUT2D eigenvalue weighted by Gasteiger charge is -2.25. The number of carbonyl (C=O) groups is 2. The van der Waals surface area contributed by atoms with E-state index in [0.29, 0.717) is 24.2 Å². The summed E-state index contributed by atoms with van der Waals surface area (Å²) in [5, 5.41) is 9.05. The van der Waals surface area contributed by atoms with Gasteiger partial charge in [0.15, 0.2) is 5.78 Å². The van der Waals surface area contributed by atoms with E-state index >= 15 is 0 Å². The second-order valence-electron chi connectivity index (χ2n) is 5.25. The summed E-state index contributed by atoms with van der Waals surface area (Å²) in [6, 6.07) is 7.26. The van der Waals surface area contributed by atoms with Gasteiger partial charge in [-0.3, -0.25) is 9.59 Å². The van der Waals surface area contributed by atoms with Crippen molar-refractivity contribution in [2.24, 2.45) is 0 Å². The number of rotatable bonds is 2. The van der Waals surface area contributed by atoms with Gasteiger partial charge in [0.1, 0.15) is 0 Å². The number of benzene rings is 1. The Morgan fingerprint density at radius 1 is 1.14 bits per heavy atom. The largest absolute Gasteiger partial charge is 0.369 e. The van der Waals surface area contributed by atoms with Gasteiger partial charge >= 0.3 is 0 Å². The summed E-state index contributed by atoms with van der Waals surface area (Å²) in [5.74, 6) is 0.0663. The molecule has 0 radical (unpaired) electrons. The summed E-state index contributed by atoms with van der Waals surface area (Å²) < 4.78 is 0. The average molecular weight is 285 g/mol. The van der Waals surface area contributed by atoms with Gasteiger partial charge in [0, 0.05) is 44.4 Å². The third kappa shape index (κ3) is 3.40. The zero-order valence-electron chi connectivity index (χ0n) is 12.4. The number of hydrogen-bond acceptors (Lipinski definition) is 4. The molecule has 0 spiro atoms.